The smallest absolute Gasteiger partial charge is 0.411 e. The van der Waals surface area contributed by atoms with Crippen molar-refractivity contribution in [3.8, 4) is 22.4 Å². The van der Waals surface area contributed by atoms with Crippen LogP contribution in [0.1, 0.15) is 10.4 Å². The monoisotopic (exact) mass is 392 g/mol. The first-order chi connectivity index (χ1) is 14.1. The van der Waals surface area contributed by atoms with Gasteiger partial charge in [0.05, 0.1) is 0 Å². The Balaban J connectivity index is 1.53. The van der Waals surface area contributed by atoms with Gasteiger partial charge in [0.15, 0.2) is 0 Å². The van der Waals surface area contributed by atoms with Crippen LogP contribution in [-0.2, 0) is 0 Å². The lowest BCUT2D eigenvalue weighted by molar-refractivity contribution is 0.0736. The van der Waals surface area contributed by atoms with Gasteiger partial charge in [-0.15, -0.1) is 0 Å². The van der Waals surface area contributed by atoms with Crippen LogP contribution in [0.2, 0.25) is 0 Å². The van der Waals surface area contributed by atoms with Crippen molar-refractivity contribution in [3.63, 3.8) is 0 Å². The average molecular weight is 392 g/mol. The fourth-order valence-corrected chi connectivity index (χ4v) is 3.29. The van der Waals surface area contributed by atoms with E-state index in [1.165, 1.54) is 6.07 Å². The summed E-state index contributed by atoms with van der Waals surface area (Å²) < 4.78 is 4.99. The Morgan fingerprint density at radius 3 is 2.45 bits per heavy atom. The number of benzene rings is 2. The Morgan fingerprint density at radius 2 is 1.72 bits per heavy atom. The number of nitrogens with one attached hydrogen (secondary N) is 2. The molecule has 2 heterocycles. The number of piperazine rings is 1. The van der Waals surface area contributed by atoms with Crippen LogP contribution in [0.4, 0.5) is 10.7 Å². The summed E-state index contributed by atoms with van der Waals surface area (Å²) in [6.07, 6.45) is -1.21. The van der Waals surface area contributed by atoms with Gasteiger partial charge in [-0.05, 0) is 29.3 Å². The summed E-state index contributed by atoms with van der Waals surface area (Å²) in [4.78, 5) is 25.2. The Morgan fingerprint density at radius 1 is 1.00 bits per heavy atom. The lowest BCUT2D eigenvalue weighted by atomic mass is 10.0. The first kappa shape index (κ1) is 18.7. The molecule has 1 aromatic heterocycles. The highest BCUT2D eigenvalue weighted by Gasteiger charge is 2.17. The zero-order chi connectivity index (χ0) is 20.2. The molecule has 0 spiro atoms. The molecule has 1 aliphatic rings. The minimum absolute atomic E-state index is 0.0489. The van der Waals surface area contributed by atoms with E-state index in [2.05, 4.69) is 15.8 Å². The lowest BCUT2D eigenvalue weighted by Gasteiger charge is -2.27. The average Bonchev–Trinajstić information content (AvgIpc) is 3.22. The van der Waals surface area contributed by atoms with Crippen LogP contribution in [0.25, 0.3) is 22.4 Å². The molecule has 0 aliphatic carbocycles. The van der Waals surface area contributed by atoms with E-state index in [1.807, 2.05) is 53.4 Å². The van der Waals surface area contributed by atoms with Crippen molar-refractivity contribution in [2.45, 2.75) is 0 Å². The number of hydrogen-bond acceptors (Lipinski definition) is 5. The fraction of sp³-hybridized carbons (Fsp3) is 0.190. The summed E-state index contributed by atoms with van der Waals surface area (Å²) in [5, 5.41) is 18.0. The van der Waals surface area contributed by atoms with E-state index in [-0.39, 0.29) is 11.8 Å². The molecular formula is C21H20N4O4. The maximum atomic E-state index is 12.6. The molecule has 8 nitrogen and oxygen atoms in total. The number of anilines is 1. The molecule has 2 aromatic carbocycles. The molecular weight excluding hydrogens is 372 g/mol. The topological polar surface area (TPSA) is 108 Å². The maximum absolute atomic E-state index is 12.6. The van der Waals surface area contributed by atoms with Gasteiger partial charge in [0.1, 0.15) is 5.69 Å². The largest absolute Gasteiger partial charge is 0.465 e. The summed E-state index contributed by atoms with van der Waals surface area (Å²) in [5.41, 5.74) is 3.93. The molecule has 0 atom stereocenters. The Bertz CT molecular complexity index is 1020. The van der Waals surface area contributed by atoms with Gasteiger partial charge < -0.3 is 19.8 Å². The van der Waals surface area contributed by atoms with E-state index in [1.54, 1.807) is 0 Å². The molecule has 0 bridgehead atoms. The molecule has 0 saturated carbocycles. The van der Waals surface area contributed by atoms with E-state index in [9.17, 15) is 9.59 Å². The molecule has 3 aromatic rings. The highest BCUT2D eigenvalue weighted by atomic mass is 16.5. The maximum Gasteiger partial charge on any atom is 0.411 e. The molecule has 2 amide bonds. The fourth-order valence-electron chi connectivity index (χ4n) is 3.29. The van der Waals surface area contributed by atoms with Gasteiger partial charge in [-0.1, -0.05) is 35.5 Å². The predicted octanol–water partition coefficient (Wildman–Crippen LogP) is 3.14. The summed E-state index contributed by atoms with van der Waals surface area (Å²) in [6, 6.07) is 16.7. The Kier molecular flexibility index (Phi) is 5.26. The van der Waals surface area contributed by atoms with E-state index in [4.69, 9.17) is 9.63 Å². The number of carboxylic acid groups (broad SMARTS) is 1. The van der Waals surface area contributed by atoms with Gasteiger partial charge in [-0.3, -0.25) is 10.1 Å². The molecule has 29 heavy (non-hydrogen) atoms. The van der Waals surface area contributed by atoms with Crippen LogP contribution in [0.3, 0.4) is 0 Å². The predicted molar refractivity (Wildman–Crippen MR) is 108 cm³/mol. The summed E-state index contributed by atoms with van der Waals surface area (Å²) >= 11 is 0. The quantitative estimate of drug-likeness (QED) is 0.630. The molecule has 1 aliphatic heterocycles. The van der Waals surface area contributed by atoms with Gasteiger partial charge in [-0.2, -0.15) is 0 Å². The van der Waals surface area contributed by atoms with Crippen molar-refractivity contribution < 1.29 is 19.2 Å². The minimum Gasteiger partial charge on any atom is -0.465 e. The number of carbonyl (C=O) groups excluding carboxylic acids is 1. The third-order valence-electron chi connectivity index (χ3n) is 4.77. The van der Waals surface area contributed by atoms with Gasteiger partial charge >= 0.3 is 6.09 Å². The highest BCUT2D eigenvalue weighted by Crippen LogP contribution is 2.27. The van der Waals surface area contributed by atoms with Gasteiger partial charge in [0.2, 0.25) is 5.88 Å². The molecule has 0 unspecified atom stereocenters. The van der Waals surface area contributed by atoms with Crippen LogP contribution >= 0.6 is 0 Å². The SMILES string of the molecule is O=C(O)Nc1cc(-c2cccc(-c3ccc(C(=O)N4CCNCC4)cc3)c2)no1. The van der Waals surface area contributed by atoms with E-state index in [0.717, 1.165) is 42.9 Å². The number of hydrogen-bond donors (Lipinski definition) is 3. The number of amides is 2. The minimum atomic E-state index is -1.21. The van der Waals surface area contributed by atoms with Crippen LogP contribution < -0.4 is 10.6 Å². The zero-order valence-electron chi connectivity index (χ0n) is 15.6. The van der Waals surface area contributed by atoms with Crippen molar-refractivity contribution in [2.24, 2.45) is 0 Å². The van der Waals surface area contributed by atoms with Crippen molar-refractivity contribution >= 4 is 17.9 Å². The summed E-state index contributed by atoms with van der Waals surface area (Å²) in [5.74, 6) is 0.113. The third-order valence-corrected chi connectivity index (χ3v) is 4.77. The van der Waals surface area contributed by atoms with Gasteiger partial charge in [0.25, 0.3) is 5.91 Å². The number of nitrogens with zero attached hydrogens (tertiary/aromatic N) is 2. The normalized spacial score (nSPS) is 13.9. The van der Waals surface area contributed by atoms with Crippen LogP contribution in [0.5, 0.6) is 0 Å². The van der Waals surface area contributed by atoms with E-state index < -0.39 is 6.09 Å². The second-order valence-electron chi connectivity index (χ2n) is 6.71. The summed E-state index contributed by atoms with van der Waals surface area (Å²) in [7, 11) is 0. The molecule has 8 heteroatoms. The zero-order valence-corrected chi connectivity index (χ0v) is 15.6. The third kappa shape index (κ3) is 4.27. The molecule has 1 fully saturated rings. The van der Waals surface area contributed by atoms with E-state index >= 15 is 0 Å². The Labute approximate surface area is 167 Å². The molecule has 1 saturated heterocycles. The number of aromatic nitrogens is 1. The van der Waals surface area contributed by atoms with Crippen molar-refractivity contribution in [2.75, 3.05) is 31.5 Å². The van der Waals surface area contributed by atoms with Crippen molar-refractivity contribution in [3.05, 3.63) is 60.2 Å². The first-order valence-corrected chi connectivity index (χ1v) is 9.28. The van der Waals surface area contributed by atoms with Crippen LogP contribution in [-0.4, -0.2) is 53.3 Å². The van der Waals surface area contributed by atoms with Gasteiger partial charge in [-0.25, -0.2) is 4.79 Å². The standard InChI is InChI=1S/C21H20N4O4/c26-20(25-10-8-22-9-11-25)15-6-4-14(5-7-15)16-2-1-3-17(12-16)18-13-19(29-24-18)23-21(27)28/h1-7,12-13,22-23H,8-11H2,(H,27,28). The summed E-state index contributed by atoms with van der Waals surface area (Å²) in [6.45, 7) is 3.09. The van der Waals surface area contributed by atoms with Crippen LogP contribution in [0, 0.1) is 0 Å². The van der Waals surface area contributed by atoms with Crippen molar-refractivity contribution in [1.29, 1.82) is 0 Å². The van der Waals surface area contributed by atoms with Crippen LogP contribution in [0.15, 0.2) is 59.1 Å². The molecule has 3 N–H and O–H groups in total. The molecule has 0 radical (unpaired) electrons. The van der Waals surface area contributed by atoms with E-state index in [0.29, 0.717) is 11.3 Å². The molecule has 4 rings (SSSR count). The lowest BCUT2D eigenvalue weighted by Crippen LogP contribution is -2.46. The first-order valence-electron chi connectivity index (χ1n) is 9.28. The highest BCUT2D eigenvalue weighted by molar-refractivity contribution is 5.95. The number of rotatable bonds is 4. The number of carbonyl (C=O) groups is 2. The molecule has 148 valence electrons. The second-order valence-corrected chi connectivity index (χ2v) is 6.71. The second kappa shape index (κ2) is 8.15. The van der Waals surface area contributed by atoms with Crippen molar-refractivity contribution in [1.82, 2.24) is 15.4 Å². The van der Waals surface area contributed by atoms with Gasteiger partial charge in [0, 0.05) is 43.4 Å². The Hall–Kier alpha value is -3.65.